The van der Waals surface area contributed by atoms with Crippen LogP contribution < -0.4 is 5.32 Å². The number of para-hydroxylation sites is 1. The fourth-order valence-corrected chi connectivity index (χ4v) is 2.54. The number of benzene rings is 1. The van der Waals surface area contributed by atoms with Crippen LogP contribution in [0.25, 0.3) is 5.69 Å². The summed E-state index contributed by atoms with van der Waals surface area (Å²) in [5.41, 5.74) is 1.79. The second-order valence-corrected chi connectivity index (χ2v) is 5.75. The second-order valence-electron chi connectivity index (χ2n) is 4.81. The monoisotopic (exact) mass is 325 g/mol. The first-order chi connectivity index (χ1) is 11.2. The van der Waals surface area contributed by atoms with Gasteiger partial charge in [0.15, 0.2) is 0 Å². The summed E-state index contributed by atoms with van der Waals surface area (Å²) in [6.45, 7) is 1.88. The van der Waals surface area contributed by atoms with Gasteiger partial charge in [0.1, 0.15) is 12.1 Å². The number of nitrogens with one attached hydrogen (secondary N) is 1. The SMILES string of the molecule is Cc1cccc(NC(=O)CSc2ncn(-c3ccccc3)n2)n1. The van der Waals surface area contributed by atoms with E-state index in [9.17, 15) is 4.79 Å². The van der Waals surface area contributed by atoms with Crippen molar-refractivity contribution < 1.29 is 4.79 Å². The maximum absolute atomic E-state index is 11.9. The Bertz CT molecular complexity index is 803. The van der Waals surface area contributed by atoms with Gasteiger partial charge in [0.05, 0.1) is 11.4 Å². The average molecular weight is 325 g/mol. The second kappa shape index (κ2) is 7.06. The minimum Gasteiger partial charge on any atom is -0.310 e. The van der Waals surface area contributed by atoms with Crippen LogP contribution in [0.3, 0.4) is 0 Å². The Morgan fingerprint density at radius 1 is 1.17 bits per heavy atom. The molecule has 0 radical (unpaired) electrons. The molecule has 1 aromatic carbocycles. The number of hydrogen-bond acceptors (Lipinski definition) is 5. The third-order valence-electron chi connectivity index (χ3n) is 2.98. The zero-order chi connectivity index (χ0) is 16.1. The van der Waals surface area contributed by atoms with Crippen molar-refractivity contribution in [2.45, 2.75) is 12.1 Å². The average Bonchev–Trinajstić information content (AvgIpc) is 3.03. The molecule has 0 atom stereocenters. The van der Waals surface area contributed by atoms with Crippen LogP contribution in [0.2, 0.25) is 0 Å². The Hall–Kier alpha value is -2.67. The number of rotatable bonds is 5. The molecule has 0 aliphatic rings. The lowest BCUT2D eigenvalue weighted by Crippen LogP contribution is -2.15. The third-order valence-corrected chi connectivity index (χ3v) is 3.83. The van der Waals surface area contributed by atoms with E-state index in [1.807, 2.05) is 49.4 Å². The molecule has 0 aliphatic carbocycles. The predicted molar refractivity (Wildman–Crippen MR) is 89.7 cm³/mol. The molecule has 0 fully saturated rings. The topological polar surface area (TPSA) is 72.7 Å². The molecule has 0 unspecified atom stereocenters. The summed E-state index contributed by atoms with van der Waals surface area (Å²) in [5, 5.41) is 7.66. The van der Waals surface area contributed by atoms with Crippen molar-refractivity contribution in [2.75, 3.05) is 11.1 Å². The Balaban J connectivity index is 1.56. The number of carbonyl (C=O) groups excluding carboxylic acids is 1. The lowest BCUT2D eigenvalue weighted by Gasteiger charge is -2.03. The molecule has 0 saturated carbocycles. The Kier molecular flexibility index (Phi) is 4.68. The molecule has 1 N–H and O–H groups in total. The van der Waals surface area contributed by atoms with Crippen molar-refractivity contribution in [3.63, 3.8) is 0 Å². The van der Waals surface area contributed by atoms with Gasteiger partial charge in [0, 0.05) is 5.69 Å². The van der Waals surface area contributed by atoms with Gasteiger partial charge < -0.3 is 5.32 Å². The van der Waals surface area contributed by atoms with E-state index < -0.39 is 0 Å². The molecule has 0 bridgehead atoms. The van der Waals surface area contributed by atoms with Gasteiger partial charge in [-0.15, -0.1) is 5.10 Å². The van der Waals surface area contributed by atoms with Crippen LogP contribution in [0.5, 0.6) is 0 Å². The van der Waals surface area contributed by atoms with Crippen LogP contribution in [0.4, 0.5) is 5.82 Å². The van der Waals surface area contributed by atoms with E-state index in [0.717, 1.165) is 11.4 Å². The molecule has 7 heteroatoms. The third kappa shape index (κ3) is 4.17. The number of carbonyl (C=O) groups is 1. The van der Waals surface area contributed by atoms with Gasteiger partial charge in [-0.3, -0.25) is 4.79 Å². The molecule has 0 spiro atoms. The largest absolute Gasteiger partial charge is 0.310 e. The quantitative estimate of drug-likeness (QED) is 0.730. The van der Waals surface area contributed by atoms with E-state index in [0.29, 0.717) is 11.0 Å². The lowest BCUT2D eigenvalue weighted by molar-refractivity contribution is -0.113. The van der Waals surface area contributed by atoms with Gasteiger partial charge in [-0.2, -0.15) is 0 Å². The molecule has 116 valence electrons. The van der Waals surface area contributed by atoms with Crippen molar-refractivity contribution in [3.8, 4) is 5.69 Å². The van der Waals surface area contributed by atoms with Crippen molar-refractivity contribution >= 4 is 23.5 Å². The van der Waals surface area contributed by atoms with E-state index in [2.05, 4.69) is 20.4 Å². The first-order valence-electron chi connectivity index (χ1n) is 7.04. The lowest BCUT2D eigenvalue weighted by atomic mass is 10.3. The summed E-state index contributed by atoms with van der Waals surface area (Å²) in [7, 11) is 0. The van der Waals surface area contributed by atoms with Gasteiger partial charge in [0.25, 0.3) is 0 Å². The van der Waals surface area contributed by atoms with Gasteiger partial charge in [-0.05, 0) is 31.2 Å². The van der Waals surface area contributed by atoms with Crippen molar-refractivity contribution in [2.24, 2.45) is 0 Å². The summed E-state index contributed by atoms with van der Waals surface area (Å²) in [5.74, 6) is 0.650. The molecule has 0 saturated heterocycles. The van der Waals surface area contributed by atoms with Crippen LogP contribution in [0.15, 0.2) is 60.0 Å². The van der Waals surface area contributed by atoms with Crippen LogP contribution in [-0.2, 0) is 4.79 Å². The van der Waals surface area contributed by atoms with Gasteiger partial charge >= 0.3 is 0 Å². The molecular formula is C16H15N5OS. The van der Waals surface area contributed by atoms with E-state index in [1.54, 1.807) is 17.1 Å². The molecular weight excluding hydrogens is 310 g/mol. The van der Waals surface area contributed by atoms with Gasteiger partial charge in [-0.25, -0.2) is 14.6 Å². The number of thioether (sulfide) groups is 1. The fraction of sp³-hybridized carbons (Fsp3) is 0.125. The molecule has 6 nitrogen and oxygen atoms in total. The fourth-order valence-electron chi connectivity index (χ4n) is 1.94. The van der Waals surface area contributed by atoms with Crippen LogP contribution in [0, 0.1) is 6.92 Å². The highest BCUT2D eigenvalue weighted by Crippen LogP contribution is 2.14. The molecule has 1 amide bonds. The molecule has 3 rings (SSSR count). The predicted octanol–water partition coefficient (Wildman–Crippen LogP) is 2.70. The van der Waals surface area contributed by atoms with E-state index in [4.69, 9.17) is 0 Å². The summed E-state index contributed by atoms with van der Waals surface area (Å²) in [6.07, 6.45) is 1.64. The van der Waals surface area contributed by atoms with Crippen LogP contribution in [0.1, 0.15) is 5.69 Å². The van der Waals surface area contributed by atoms with Crippen LogP contribution >= 0.6 is 11.8 Å². The normalized spacial score (nSPS) is 10.5. The number of aromatic nitrogens is 4. The number of nitrogens with zero attached hydrogens (tertiary/aromatic N) is 4. The smallest absolute Gasteiger partial charge is 0.236 e. The molecule has 2 aromatic heterocycles. The highest BCUT2D eigenvalue weighted by Gasteiger charge is 2.08. The van der Waals surface area contributed by atoms with Gasteiger partial charge in [-0.1, -0.05) is 36.0 Å². The summed E-state index contributed by atoms with van der Waals surface area (Å²) >= 11 is 1.28. The zero-order valence-corrected chi connectivity index (χ0v) is 13.3. The number of amides is 1. The molecule has 0 aliphatic heterocycles. The molecule has 3 aromatic rings. The Morgan fingerprint density at radius 3 is 2.78 bits per heavy atom. The number of anilines is 1. The van der Waals surface area contributed by atoms with Gasteiger partial charge in [0.2, 0.25) is 11.1 Å². The van der Waals surface area contributed by atoms with E-state index >= 15 is 0 Å². The summed E-state index contributed by atoms with van der Waals surface area (Å²) in [4.78, 5) is 20.4. The number of aryl methyl sites for hydroxylation is 1. The standard InChI is InChI=1S/C16H15N5OS/c1-12-6-5-9-14(18-12)19-15(22)10-23-16-17-11-21(20-16)13-7-3-2-4-8-13/h2-9,11H,10H2,1H3,(H,18,19,22). The maximum Gasteiger partial charge on any atom is 0.236 e. The molecule has 2 heterocycles. The van der Waals surface area contributed by atoms with Crippen molar-refractivity contribution in [1.82, 2.24) is 19.7 Å². The number of hydrogen-bond donors (Lipinski definition) is 1. The maximum atomic E-state index is 11.9. The first-order valence-corrected chi connectivity index (χ1v) is 8.03. The minimum atomic E-state index is -0.135. The van der Waals surface area contributed by atoms with Crippen LogP contribution in [-0.4, -0.2) is 31.4 Å². The number of pyridine rings is 1. The summed E-state index contributed by atoms with van der Waals surface area (Å²) in [6, 6.07) is 15.2. The Morgan fingerprint density at radius 2 is 2.00 bits per heavy atom. The highest BCUT2D eigenvalue weighted by atomic mass is 32.2. The Labute approximate surface area is 138 Å². The minimum absolute atomic E-state index is 0.135. The summed E-state index contributed by atoms with van der Waals surface area (Å²) < 4.78 is 1.68. The van der Waals surface area contributed by atoms with Crippen molar-refractivity contribution in [3.05, 3.63) is 60.6 Å². The van der Waals surface area contributed by atoms with Crippen molar-refractivity contribution in [1.29, 1.82) is 0 Å². The van der Waals surface area contributed by atoms with E-state index in [-0.39, 0.29) is 11.7 Å². The molecule has 23 heavy (non-hydrogen) atoms. The highest BCUT2D eigenvalue weighted by molar-refractivity contribution is 7.99. The first kappa shape index (κ1) is 15.2. The van der Waals surface area contributed by atoms with E-state index in [1.165, 1.54) is 11.8 Å². The zero-order valence-electron chi connectivity index (χ0n) is 12.5.